The number of carbonyl (C=O) groups is 3. The molecule has 9 heteroatoms. The smallest absolute Gasteiger partial charge is 0.246 e. The molecular formula is C17H31ClN4O3S. The van der Waals surface area contributed by atoms with E-state index in [2.05, 4.69) is 12.2 Å². The van der Waals surface area contributed by atoms with E-state index in [0.717, 1.165) is 25.7 Å². The molecule has 2 atom stereocenters. The average Bonchev–Trinajstić information content (AvgIpc) is 3.13. The van der Waals surface area contributed by atoms with Crippen molar-refractivity contribution < 1.29 is 14.4 Å². The van der Waals surface area contributed by atoms with Crippen LogP contribution < -0.4 is 11.1 Å². The fourth-order valence-corrected chi connectivity index (χ4v) is 4.48. The molecule has 3 N–H and O–H groups in total. The molecule has 2 rings (SSSR count). The van der Waals surface area contributed by atoms with Crippen molar-refractivity contribution >= 4 is 41.9 Å². The highest BCUT2D eigenvalue weighted by Crippen LogP contribution is 2.26. The molecule has 0 aromatic carbocycles. The lowest BCUT2D eigenvalue weighted by molar-refractivity contribution is -0.145. The van der Waals surface area contributed by atoms with Gasteiger partial charge in [-0.05, 0) is 19.3 Å². The molecule has 0 radical (unpaired) electrons. The van der Waals surface area contributed by atoms with Crippen LogP contribution in [0, 0.1) is 5.92 Å². The molecule has 2 fully saturated rings. The van der Waals surface area contributed by atoms with Crippen LogP contribution >= 0.6 is 24.2 Å². The Balaban J connectivity index is 0.00000338. The van der Waals surface area contributed by atoms with E-state index >= 15 is 0 Å². The Kier molecular flexibility index (Phi) is 10.3. The standard InChI is InChI=1S/C17H30N4O3S.ClH/c1-2-3-6-15(22)21-12-25-11-14(21)17(24)20-9-4-5-13(10-20)16(23)19-8-7-18;/h13-14H,2-12,18H2,1H3,(H,19,23);1H. The van der Waals surface area contributed by atoms with Gasteiger partial charge >= 0.3 is 0 Å². The summed E-state index contributed by atoms with van der Waals surface area (Å²) < 4.78 is 0. The molecule has 2 aliphatic heterocycles. The first-order chi connectivity index (χ1) is 12.1. The Morgan fingerprint density at radius 3 is 2.77 bits per heavy atom. The number of piperidine rings is 1. The zero-order chi connectivity index (χ0) is 18.2. The third-order valence-corrected chi connectivity index (χ3v) is 5.79. The minimum atomic E-state index is -0.375. The van der Waals surface area contributed by atoms with E-state index in [1.807, 2.05) is 0 Å². The Labute approximate surface area is 166 Å². The highest BCUT2D eigenvalue weighted by molar-refractivity contribution is 7.99. The summed E-state index contributed by atoms with van der Waals surface area (Å²) in [4.78, 5) is 41.0. The van der Waals surface area contributed by atoms with E-state index in [-0.39, 0.29) is 42.1 Å². The normalized spacial score (nSPS) is 22.7. The number of hydrogen-bond acceptors (Lipinski definition) is 5. The minimum Gasteiger partial charge on any atom is -0.355 e. The SMILES string of the molecule is CCCCC(=O)N1CSCC1C(=O)N1CCCC(C(=O)NCCN)C1.Cl. The van der Waals surface area contributed by atoms with Gasteiger partial charge in [0.2, 0.25) is 17.7 Å². The van der Waals surface area contributed by atoms with Crippen LogP contribution in [0.2, 0.25) is 0 Å². The summed E-state index contributed by atoms with van der Waals surface area (Å²) in [5.74, 6) is 1.09. The Bertz CT molecular complexity index is 495. The van der Waals surface area contributed by atoms with Gasteiger partial charge in [-0.15, -0.1) is 24.2 Å². The summed E-state index contributed by atoms with van der Waals surface area (Å²) >= 11 is 1.63. The second-order valence-corrected chi connectivity index (χ2v) is 7.69. The first kappa shape index (κ1) is 23.0. The maximum absolute atomic E-state index is 12.9. The van der Waals surface area contributed by atoms with Gasteiger partial charge in [-0.3, -0.25) is 14.4 Å². The molecule has 2 unspecified atom stereocenters. The summed E-state index contributed by atoms with van der Waals surface area (Å²) in [7, 11) is 0. The van der Waals surface area contributed by atoms with Crippen molar-refractivity contribution in [3.05, 3.63) is 0 Å². The highest BCUT2D eigenvalue weighted by atomic mass is 35.5. The Morgan fingerprint density at radius 1 is 1.31 bits per heavy atom. The van der Waals surface area contributed by atoms with Crippen LogP contribution in [0.3, 0.4) is 0 Å². The van der Waals surface area contributed by atoms with Crippen molar-refractivity contribution in [3.63, 3.8) is 0 Å². The van der Waals surface area contributed by atoms with Crippen molar-refractivity contribution in [1.82, 2.24) is 15.1 Å². The zero-order valence-corrected chi connectivity index (χ0v) is 17.1. The number of carbonyl (C=O) groups excluding carboxylic acids is 3. The lowest BCUT2D eigenvalue weighted by Crippen LogP contribution is -2.53. The van der Waals surface area contributed by atoms with Crippen LogP contribution in [-0.4, -0.2) is 71.4 Å². The minimum absolute atomic E-state index is 0. The number of rotatable bonds is 7. The van der Waals surface area contributed by atoms with E-state index in [1.165, 1.54) is 0 Å². The molecule has 7 nitrogen and oxygen atoms in total. The monoisotopic (exact) mass is 406 g/mol. The van der Waals surface area contributed by atoms with Crippen LogP contribution in [-0.2, 0) is 14.4 Å². The molecule has 0 bridgehead atoms. The zero-order valence-electron chi connectivity index (χ0n) is 15.4. The van der Waals surface area contributed by atoms with Gasteiger partial charge in [-0.1, -0.05) is 13.3 Å². The average molecular weight is 407 g/mol. The second kappa shape index (κ2) is 11.7. The number of nitrogens with one attached hydrogen (secondary N) is 1. The molecular weight excluding hydrogens is 376 g/mol. The maximum atomic E-state index is 12.9. The van der Waals surface area contributed by atoms with Gasteiger partial charge in [0.25, 0.3) is 0 Å². The molecule has 0 aromatic rings. The summed E-state index contributed by atoms with van der Waals surface area (Å²) in [6.07, 6.45) is 3.94. The molecule has 2 heterocycles. The number of nitrogens with two attached hydrogens (primary N) is 1. The Hall–Kier alpha value is -0.990. The largest absolute Gasteiger partial charge is 0.355 e. The topological polar surface area (TPSA) is 95.7 Å². The molecule has 0 saturated carbocycles. The van der Waals surface area contributed by atoms with Crippen molar-refractivity contribution in [1.29, 1.82) is 0 Å². The predicted octanol–water partition coefficient (Wildman–Crippen LogP) is 0.813. The predicted molar refractivity (Wildman–Crippen MR) is 106 cm³/mol. The number of halogens is 1. The third-order valence-electron chi connectivity index (χ3n) is 4.78. The van der Waals surface area contributed by atoms with Gasteiger partial charge in [0.1, 0.15) is 6.04 Å². The van der Waals surface area contributed by atoms with E-state index in [1.54, 1.807) is 21.6 Å². The molecule has 0 spiro atoms. The molecule has 2 saturated heterocycles. The number of likely N-dealkylation sites (tertiary alicyclic amines) is 1. The van der Waals surface area contributed by atoms with Crippen molar-refractivity contribution in [2.24, 2.45) is 11.7 Å². The molecule has 26 heavy (non-hydrogen) atoms. The van der Waals surface area contributed by atoms with Gasteiger partial charge in [-0.2, -0.15) is 0 Å². The van der Waals surface area contributed by atoms with Crippen LogP contribution in [0.15, 0.2) is 0 Å². The highest BCUT2D eigenvalue weighted by Gasteiger charge is 2.38. The van der Waals surface area contributed by atoms with E-state index < -0.39 is 0 Å². The van der Waals surface area contributed by atoms with Gasteiger partial charge in [0.15, 0.2) is 0 Å². The van der Waals surface area contributed by atoms with Gasteiger partial charge in [-0.25, -0.2) is 0 Å². The van der Waals surface area contributed by atoms with Crippen molar-refractivity contribution in [3.8, 4) is 0 Å². The van der Waals surface area contributed by atoms with Crippen LogP contribution in [0.5, 0.6) is 0 Å². The van der Waals surface area contributed by atoms with E-state index in [0.29, 0.717) is 44.2 Å². The Morgan fingerprint density at radius 2 is 2.08 bits per heavy atom. The third kappa shape index (κ3) is 6.03. The van der Waals surface area contributed by atoms with Crippen molar-refractivity contribution in [2.45, 2.75) is 45.1 Å². The van der Waals surface area contributed by atoms with Crippen LogP contribution in [0.4, 0.5) is 0 Å². The first-order valence-electron chi connectivity index (χ1n) is 9.22. The van der Waals surface area contributed by atoms with E-state index in [9.17, 15) is 14.4 Å². The number of nitrogens with zero attached hydrogens (tertiary/aromatic N) is 2. The molecule has 0 aliphatic carbocycles. The summed E-state index contributed by atoms with van der Waals surface area (Å²) in [6.45, 7) is 4.03. The number of amides is 3. The molecule has 2 aliphatic rings. The van der Waals surface area contributed by atoms with Gasteiger partial charge in [0.05, 0.1) is 11.8 Å². The summed E-state index contributed by atoms with van der Waals surface area (Å²) in [6, 6.07) is -0.375. The fraction of sp³-hybridized carbons (Fsp3) is 0.824. The lowest BCUT2D eigenvalue weighted by atomic mass is 9.96. The van der Waals surface area contributed by atoms with Crippen LogP contribution in [0.25, 0.3) is 0 Å². The molecule has 3 amide bonds. The summed E-state index contributed by atoms with van der Waals surface area (Å²) in [5.41, 5.74) is 5.42. The molecule has 150 valence electrons. The van der Waals surface area contributed by atoms with Crippen molar-refractivity contribution in [2.75, 3.05) is 37.8 Å². The molecule has 0 aromatic heterocycles. The number of thioether (sulfide) groups is 1. The van der Waals surface area contributed by atoms with E-state index in [4.69, 9.17) is 5.73 Å². The number of unbranched alkanes of at least 4 members (excludes halogenated alkanes) is 1. The first-order valence-corrected chi connectivity index (χ1v) is 10.4. The quantitative estimate of drug-likeness (QED) is 0.652. The summed E-state index contributed by atoms with van der Waals surface area (Å²) in [5, 5.41) is 2.81. The second-order valence-electron chi connectivity index (χ2n) is 6.69. The van der Waals surface area contributed by atoms with Gasteiger partial charge < -0.3 is 20.9 Å². The van der Waals surface area contributed by atoms with Crippen LogP contribution in [0.1, 0.15) is 39.0 Å². The maximum Gasteiger partial charge on any atom is 0.246 e. The fourth-order valence-electron chi connectivity index (χ4n) is 3.31. The number of hydrogen-bond donors (Lipinski definition) is 2. The van der Waals surface area contributed by atoms with Gasteiger partial charge in [0, 0.05) is 38.4 Å². The lowest BCUT2D eigenvalue weighted by Gasteiger charge is -2.35.